The fourth-order valence-electron chi connectivity index (χ4n) is 1.58. The number of aromatic nitrogens is 2. The van der Waals surface area contributed by atoms with E-state index in [2.05, 4.69) is 9.97 Å². The van der Waals surface area contributed by atoms with Crippen molar-refractivity contribution in [3.8, 4) is 17.3 Å². The molecule has 0 radical (unpaired) electrons. The van der Waals surface area contributed by atoms with Crippen LogP contribution in [-0.4, -0.2) is 22.1 Å². The van der Waals surface area contributed by atoms with Gasteiger partial charge in [0.25, 0.3) is 6.43 Å². The van der Waals surface area contributed by atoms with Gasteiger partial charge in [0.1, 0.15) is 17.7 Å². The Bertz CT molecular complexity index is 741. The molecular weight excluding hydrogens is 281 g/mol. The van der Waals surface area contributed by atoms with Gasteiger partial charge in [0.2, 0.25) is 0 Å². The second kappa shape index (κ2) is 6.05. The van der Waals surface area contributed by atoms with Crippen LogP contribution in [0.3, 0.4) is 0 Å². The molecule has 2 N–H and O–H groups in total. The molecule has 0 saturated carbocycles. The number of rotatable bonds is 4. The summed E-state index contributed by atoms with van der Waals surface area (Å²) in [6.45, 7) is 0. The number of H-pyrrole nitrogens is 1. The maximum atomic E-state index is 13.5. The lowest BCUT2D eigenvalue weighted by molar-refractivity contribution is 0.226. The van der Waals surface area contributed by atoms with Crippen molar-refractivity contribution in [1.82, 2.24) is 9.97 Å². The van der Waals surface area contributed by atoms with E-state index in [1.54, 1.807) is 12.1 Å². The van der Waals surface area contributed by atoms with E-state index < -0.39 is 18.0 Å². The lowest BCUT2D eigenvalue weighted by Gasteiger charge is -1.98. The van der Waals surface area contributed by atoms with Crippen LogP contribution < -0.4 is 0 Å². The van der Waals surface area contributed by atoms with E-state index in [1.165, 1.54) is 24.4 Å². The van der Waals surface area contributed by atoms with Crippen LogP contribution in [0.5, 0.6) is 0 Å². The summed E-state index contributed by atoms with van der Waals surface area (Å²) in [5.41, 5.74) is 0.0605. The van der Waals surface area contributed by atoms with Gasteiger partial charge in [-0.05, 0) is 24.3 Å². The highest BCUT2D eigenvalue weighted by atomic mass is 19.3. The second-order valence-corrected chi connectivity index (χ2v) is 4.08. The van der Waals surface area contributed by atoms with Crippen LogP contribution in [0, 0.1) is 22.6 Å². The molecule has 1 aromatic carbocycles. The first-order chi connectivity index (χ1) is 10.0. The van der Waals surface area contributed by atoms with Gasteiger partial charge < -0.3 is 4.98 Å². The third-order valence-corrected chi connectivity index (χ3v) is 2.65. The minimum Gasteiger partial charge on any atom is -0.338 e. The highest BCUT2D eigenvalue weighted by Crippen LogP contribution is 2.20. The van der Waals surface area contributed by atoms with Crippen molar-refractivity contribution in [1.29, 1.82) is 10.7 Å². The summed E-state index contributed by atoms with van der Waals surface area (Å²) in [5.74, 6) is -0.388. The molecule has 4 nitrogen and oxygen atoms in total. The fourth-order valence-corrected chi connectivity index (χ4v) is 1.58. The Morgan fingerprint density at radius 3 is 2.81 bits per heavy atom. The first kappa shape index (κ1) is 14.5. The Balaban J connectivity index is 2.22. The number of allylic oxidation sites excluding steroid dienone is 1. The van der Waals surface area contributed by atoms with Gasteiger partial charge >= 0.3 is 0 Å². The van der Waals surface area contributed by atoms with E-state index in [0.717, 1.165) is 6.08 Å². The molecule has 0 amide bonds. The minimum atomic E-state index is -2.84. The van der Waals surface area contributed by atoms with Gasteiger partial charge in [-0.2, -0.15) is 5.26 Å². The van der Waals surface area contributed by atoms with Crippen LogP contribution in [0.4, 0.5) is 13.2 Å². The number of imidazole rings is 1. The lowest BCUT2D eigenvalue weighted by Crippen LogP contribution is -2.03. The van der Waals surface area contributed by atoms with Crippen LogP contribution in [0.1, 0.15) is 11.4 Å². The zero-order valence-corrected chi connectivity index (χ0v) is 10.6. The molecule has 0 saturated heterocycles. The summed E-state index contributed by atoms with van der Waals surface area (Å²) >= 11 is 0. The van der Waals surface area contributed by atoms with Gasteiger partial charge in [-0.25, -0.2) is 18.2 Å². The first-order valence-corrected chi connectivity index (χ1v) is 5.81. The molecule has 2 aromatic rings. The summed E-state index contributed by atoms with van der Waals surface area (Å²) < 4.78 is 37.8. The summed E-state index contributed by atoms with van der Waals surface area (Å²) in [7, 11) is 0. The predicted molar refractivity (Wildman–Crippen MR) is 71.5 cm³/mol. The molecule has 0 aliphatic rings. The summed E-state index contributed by atoms with van der Waals surface area (Å²) in [5, 5.41) is 15.6. The molecule has 1 aromatic heterocycles. The van der Waals surface area contributed by atoms with E-state index >= 15 is 0 Å². The number of hydrogen-bond donors (Lipinski definition) is 2. The van der Waals surface area contributed by atoms with Crippen molar-refractivity contribution in [2.24, 2.45) is 0 Å². The number of nitrogens with one attached hydrogen (secondary N) is 2. The molecule has 1 heterocycles. The van der Waals surface area contributed by atoms with Crippen LogP contribution in [0.25, 0.3) is 17.3 Å². The normalized spacial score (nSPS) is 11.0. The fraction of sp³-hybridized carbons (Fsp3) is 0.0714. The Labute approximate surface area is 118 Å². The third-order valence-electron chi connectivity index (χ3n) is 2.65. The van der Waals surface area contributed by atoms with Crippen molar-refractivity contribution in [3.05, 3.63) is 47.7 Å². The third kappa shape index (κ3) is 3.36. The Morgan fingerprint density at radius 1 is 1.43 bits per heavy atom. The number of nitrogens with zero attached hydrogens (tertiary/aromatic N) is 2. The number of nitriles is 1. The second-order valence-electron chi connectivity index (χ2n) is 4.08. The molecule has 7 heteroatoms. The van der Waals surface area contributed by atoms with E-state index in [9.17, 15) is 13.2 Å². The van der Waals surface area contributed by atoms with Crippen LogP contribution in [0.15, 0.2) is 30.5 Å². The van der Waals surface area contributed by atoms with Gasteiger partial charge in [-0.3, -0.25) is 5.41 Å². The van der Waals surface area contributed by atoms with Gasteiger partial charge in [-0.15, -0.1) is 0 Å². The maximum absolute atomic E-state index is 13.5. The summed E-state index contributed by atoms with van der Waals surface area (Å²) in [6, 6.07) is 5.78. The Hall–Kier alpha value is -2.88. The molecule has 0 aliphatic carbocycles. The van der Waals surface area contributed by atoms with E-state index in [-0.39, 0.29) is 11.4 Å². The Morgan fingerprint density at radius 2 is 2.19 bits per heavy atom. The minimum absolute atomic E-state index is 0.0660. The predicted octanol–water partition coefficient (Wildman–Crippen LogP) is 3.39. The summed E-state index contributed by atoms with van der Waals surface area (Å²) in [6.07, 6.45) is 0.736. The molecular formula is C14H9F3N4. The molecule has 106 valence electrons. The van der Waals surface area contributed by atoms with Crippen molar-refractivity contribution >= 4 is 11.8 Å². The molecule has 0 bridgehead atoms. The topological polar surface area (TPSA) is 76.3 Å². The largest absolute Gasteiger partial charge is 0.338 e. The van der Waals surface area contributed by atoms with E-state index in [4.69, 9.17) is 10.7 Å². The molecule has 0 fully saturated rings. The Kier molecular flexibility index (Phi) is 4.18. The van der Waals surface area contributed by atoms with Crippen molar-refractivity contribution < 1.29 is 13.2 Å². The van der Waals surface area contributed by atoms with Crippen LogP contribution in [0.2, 0.25) is 0 Å². The molecule has 0 spiro atoms. The number of hydrogen-bond acceptors (Lipinski definition) is 3. The number of halogens is 3. The average molecular weight is 290 g/mol. The first-order valence-electron chi connectivity index (χ1n) is 5.81. The highest BCUT2D eigenvalue weighted by Gasteiger charge is 2.08. The summed E-state index contributed by atoms with van der Waals surface area (Å²) in [4.78, 5) is 6.72. The molecule has 0 unspecified atom stereocenters. The van der Waals surface area contributed by atoms with Gasteiger partial charge in [0.05, 0.1) is 23.2 Å². The quantitative estimate of drug-likeness (QED) is 0.847. The SMILES string of the molecule is N#Cc1ccc(-c2cnc(/C=C\C(=N)C(F)F)[nH]2)cc1F. The van der Waals surface area contributed by atoms with Gasteiger partial charge in [0.15, 0.2) is 0 Å². The molecule has 2 rings (SSSR count). The monoisotopic (exact) mass is 290 g/mol. The van der Waals surface area contributed by atoms with Crippen molar-refractivity contribution in [3.63, 3.8) is 0 Å². The van der Waals surface area contributed by atoms with Gasteiger partial charge in [-0.1, -0.05) is 6.07 Å². The molecule has 21 heavy (non-hydrogen) atoms. The number of aromatic amines is 1. The average Bonchev–Trinajstić information content (AvgIpc) is 2.93. The molecule has 0 atom stereocenters. The number of benzene rings is 1. The smallest absolute Gasteiger partial charge is 0.279 e. The number of alkyl halides is 2. The van der Waals surface area contributed by atoms with E-state index in [1.807, 2.05) is 0 Å². The standard InChI is InChI=1S/C14H9F3N4/c15-10-5-8(1-2-9(10)6-18)12-7-20-13(21-12)4-3-11(19)14(16)17/h1-5,7,14,19H,(H,20,21)/b4-3-,19-11?. The lowest BCUT2D eigenvalue weighted by atomic mass is 10.1. The highest BCUT2D eigenvalue weighted by molar-refractivity contribution is 5.97. The van der Waals surface area contributed by atoms with Gasteiger partial charge in [0, 0.05) is 5.56 Å². The van der Waals surface area contributed by atoms with Crippen LogP contribution >= 0.6 is 0 Å². The maximum Gasteiger partial charge on any atom is 0.279 e. The van der Waals surface area contributed by atoms with E-state index in [0.29, 0.717) is 11.3 Å². The van der Waals surface area contributed by atoms with Crippen molar-refractivity contribution in [2.75, 3.05) is 0 Å². The molecule has 0 aliphatic heterocycles. The zero-order valence-electron chi connectivity index (χ0n) is 10.6. The van der Waals surface area contributed by atoms with Crippen molar-refractivity contribution in [2.45, 2.75) is 6.43 Å². The van der Waals surface area contributed by atoms with Crippen LogP contribution in [-0.2, 0) is 0 Å². The zero-order chi connectivity index (χ0) is 15.4.